The molecular weight excluding hydrogens is 138 g/mol. The van der Waals surface area contributed by atoms with E-state index in [-0.39, 0.29) is 17.1 Å². The molecule has 0 unspecified atom stereocenters. The average molecular weight is 143 g/mol. The Morgan fingerprint density at radius 2 is 1.00 bits per heavy atom. The van der Waals surface area contributed by atoms with Gasteiger partial charge in [0.1, 0.15) is 0 Å². The Labute approximate surface area is 40.3 Å². The second-order valence-corrected chi connectivity index (χ2v) is 0.346. The van der Waals surface area contributed by atoms with Gasteiger partial charge in [-0.25, -0.2) is 0 Å². The van der Waals surface area contributed by atoms with Crippen LogP contribution in [0.3, 0.4) is 0 Å². The minimum atomic E-state index is -2.17. The predicted octanol–water partition coefficient (Wildman–Crippen LogP) is -2.97. The quantitative estimate of drug-likeness (QED) is 0.317. The second kappa shape index (κ2) is 4.46. The van der Waals surface area contributed by atoms with Crippen LogP contribution in [-0.2, 0) is 0 Å². The van der Waals surface area contributed by atoms with Crippen molar-refractivity contribution in [2.24, 2.45) is 0 Å². The summed E-state index contributed by atoms with van der Waals surface area (Å²) < 4.78 is 0. The van der Waals surface area contributed by atoms with Gasteiger partial charge < -0.3 is 15.1 Å². The van der Waals surface area contributed by atoms with E-state index in [9.17, 15) is 0 Å². The van der Waals surface area contributed by atoms with Crippen LogP contribution in [0, 0.1) is 0 Å². The van der Waals surface area contributed by atoms with E-state index in [4.69, 9.17) is 15.1 Å². The van der Waals surface area contributed by atoms with Crippen molar-refractivity contribution in [2.75, 3.05) is 0 Å². The predicted molar refractivity (Wildman–Crippen MR) is 21.0 cm³/mol. The molecule has 32 valence electrons. The van der Waals surface area contributed by atoms with Crippen molar-refractivity contribution in [3.05, 3.63) is 0 Å². The topological polar surface area (TPSA) is 60.7 Å². The van der Waals surface area contributed by atoms with Crippen LogP contribution in [0.25, 0.3) is 0 Å². The molecule has 0 heterocycles. The van der Waals surface area contributed by atoms with Gasteiger partial charge in [0.25, 0.3) is 0 Å². The summed E-state index contributed by atoms with van der Waals surface area (Å²) in [6, 6.07) is 0. The monoisotopic (exact) mass is 144 g/mol. The van der Waals surface area contributed by atoms with Gasteiger partial charge >= 0.3 is 24.4 Å². The Kier molecular flexibility index (Phi) is 8.10. The Bertz CT molecular complexity index is 11.6. The molecule has 3 N–H and O–H groups in total. The number of hydrogen-bond acceptors (Lipinski definition) is 3. The van der Waals surface area contributed by atoms with E-state index < -0.39 is 7.32 Å². The van der Waals surface area contributed by atoms with Crippen molar-refractivity contribution in [3.8, 4) is 0 Å². The van der Waals surface area contributed by atoms with Crippen LogP contribution in [0.5, 0.6) is 0 Å². The molecule has 0 aliphatic heterocycles. The van der Waals surface area contributed by atoms with E-state index in [1.165, 1.54) is 0 Å². The van der Waals surface area contributed by atoms with E-state index in [0.717, 1.165) is 0 Å². The maximum atomic E-state index is 7.17. The van der Waals surface area contributed by atoms with Crippen molar-refractivity contribution >= 4 is 24.4 Å². The molecule has 3 nitrogen and oxygen atoms in total. The number of rotatable bonds is 0. The molecule has 0 amide bonds. The molecule has 0 radical (unpaired) electrons. The van der Waals surface area contributed by atoms with E-state index in [0.29, 0.717) is 0 Å². The first-order chi connectivity index (χ1) is 1.73. The summed E-state index contributed by atoms with van der Waals surface area (Å²) in [6.45, 7) is 0. The van der Waals surface area contributed by atoms with Gasteiger partial charge in [-0.05, 0) is 0 Å². The second-order valence-electron chi connectivity index (χ2n) is 0.346. The van der Waals surface area contributed by atoms with Crippen LogP contribution >= 0.6 is 0 Å². The van der Waals surface area contributed by atoms with E-state index in [2.05, 4.69) is 0 Å². The molecule has 0 saturated heterocycles. The molecule has 0 aromatic heterocycles. The third kappa shape index (κ3) is 126. The molecule has 0 bridgehead atoms. The Morgan fingerprint density at radius 3 is 1.00 bits per heavy atom. The van der Waals surface area contributed by atoms with E-state index in [1.807, 2.05) is 0 Å². The SMILES string of the molecule is OB(O)O.[SeH2]. The summed E-state index contributed by atoms with van der Waals surface area (Å²) in [5.74, 6) is 0. The van der Waals surface area contributed by atoms with Gasteiger partial charge in [-0.3, -0.25) is 0 Å². The molecule has 0 aliphatic carbocycles. The fourth-order valence-electron chi connectivity index (χ4n) is 0. The summed E-state index contributed by atoms with van der Waals surface area (Å²) in [5, 5.41) is 21.5. The van der Waals surface area contributed by atoms with Gasteiger partial charge in [0.15, 0.2) is 0 Å². The third-order valence-electron chi connectivity index (χ3n) is 0. The van der Waals surface area contributed by atoms with Gasteiger partial charge in [-0.1, -0.05) is 0 Å². The zero-order chi connectivity index (χ0) is 3.58. The summed E-state index contributed by atoms with van der Waals surface area (Å²) in [4.78, 5) is 0. The Hall–Kier alpha value is 0.464. The van der Waals surface area contributed by atoms with Crippen molar-refractivity contribution in [3.63, 3.8) is 0 Å². The molecule has 5 heavy (non-hydrogen) atoms. The maximum absolute atomic E-state index is 7.17. The van der Waals surface area contributed by atoms with Gasteiger partial charge in [0, 0.05) is 0 Å². The fraction of sp³-hybridized carbons (Fsp3) is 0. The molecule has 0 atom stereocenters. The molecule has 5 heteroatoms. The molecule has 0 spiro atoms. The van der Waals surface area contributed by atoms with Crippen LogP contribution in [0.15, 0.2) is 0 Å². The number of hydrogen-bond donors (Lipinski definition) is 3. The van der Waals surface area contributed by atoms with E-state index >= 15 is 0 Å². The van der Waals surface area contributed by atoms with Crippen molar-refractivity contribution in [1.29, 1.82) is 0 Å². The van der Waals surface area contributed by atoms with Crippen LogP contribution in [-0.4, -0.2) is 39.5 Å². The molecular formula is H5BO3Se. The first-order valence-corrected chi connectivity index (χ1v) is 0.775. The average Bonchev–Trinajstić information content (AvgIpc) is 0.811. The molecule has 0 aromatic carbocycles. The van der Waals surface area contributed by atoms with Crippen molar-refractivity contribution in [1.82, 2.24) is 0 Å². The van der Waals surface area contributed by atoms with Crippen LogP contribution in [0.2, 0.25) is 0 Å². The normalized spacial score (nSPS) is 5.40. The zero-order valence-corrected chi connectivity index (χ0v) is 4.52. The summed E-state index contributed by atoms with van der Waals surface area (Å²) in [5.41, 5.74) is 0. The summed E-state index contributed by atoms with van der Waals surface area (Å²) in [7, 11) is -2.17. The van der Waals surface area contributed by atoms with Crippen molar-refractivity contribution < 1.29 is 15.1 Å². The summed E-state index contributed by atoms with van der Waals surface area (Å²) in [6.07, 6.45) is 0. The molecule has 0 rings (SSSR count). The molecule has 0 saturated carbocycles. The van der Waals surface area contributed by atoms with Crippen LogP contribution in [0.1, 0.15) is 0 Å². The van der Waals surface area contributed by atoms with E-state index in [1.54, 1.807) is 0 Å². The van der Waals surface area contributed by atoms with Gasteiger partial charge in [-0.2, -0.15) is 0 Å². The fourth-order valence-corrected chi connectivity index (χ4v) is 0. The Balaban J connectivity index is 0. The third-order valence-corrected chi connectivity index (χ3v) is 0. The molecule has 0 aliphatic rings. The summed E-state index contributed by atoms with van der Waals surface area (Å²) >= 11 is 0. The van der Waals surface area contributed by atoms with Crippen molar-refractivity contribution in [2.45, 2.75) is 0 Å². The Morgan fingerprint density at radius 1 is 1.00 bits per heavy atom. The van der Waals surface area contributed by atoms with Gasteiger partial charge in [0.05, 0.1) is 0 Å². The molecule has 0 aromatic rings. The molecule has 0 fully saturated rings. The van der Waals surface area contributed by atoms with Crippen LogP contribution < -0.4 is 0 Å². The first-order valence-electron chi connectivity index (χ1n) is 0.775. The standard InChI is InChI=1S/BH3O3.H2Se/c2-1(3)4;/h2-4H;1H2. The van der Waals surface area contributed by atoms with Gasteiger partial charge in [0.2, 0.25) is 0 Å². The minimum absolute atomic E-state index is 0. The van der Waals surface area contributed by atoms with Gasteiger partial charge in [-0.15, -0.1) is 0 Å². The van der Waals surface area contributed by atoms with Crippen LogP contribution in [0.4, 0.5) is 0 Å². The zero-order valence-electron chi connectivity index (χ0n) is 2.42. The first kappa shape index (κ1) is 9.07.